The van der Waals surface area contributed by atoms with Gasteiger partial charge < -0.3 is 4.40 Å². The number of carbonyl (C=O) groups is 1. The molecule has 0 bridgehead atoms. The number of pyridine rings is 1. The SMILES string of the molecule is CC(=O)c1cn2cncc2c2ccccc12. The van der Waals surface area contributed by atoms with Crippen LogP contribution in [-0.2, 0) is 0 Å². The zero-order valence-electron chi connectivity index (χ0n) is 8.84. The van der Waals surface area contributed by atoms with Gasteiger partial charge in [-0.1, -0.05) is 24.3 Å². The minimum atomic E-state index is 0.0757. The van der Waals surface area contributed by atoms with E-state index in [1.165, 1.54) is 0 Å². The molecule has 3 rings (SSSR count). The van der Waals surface area contributed by atoms with E-state index in [1.807, 2.05) is 41.1 Å². The zero-order valence-corrected chi connectivity index (χ0v) is 8.84. The van der Waals surface area contributed by atoms with Crippen molar-refractivity contribution in [1.82, 2.24) is 9.38 Å². The Bertz CT molecular complexity index is 697. The third-order valence-electron chi connectivity index (χ3n) is 2.81. The Morgan fingerprint density at radius 1 is 1.25 bits per heavy atom. The fraction of sp³-hybridized carbons (Fsp3) is 0.0769. The molecule has 0 amide bonds. The number of Topliss-reactive ketones (excluding diaryl/α,β-unsaturated/α-hetero) is 1. The predicted molar refractivity (Wildman–Crippen MR) is 62.7 cm³/mol. The van der Waals surface area contributed by atoms with Crippen LogP contribution in [0.1, 0.15) is 17.3 Å². The monoisotopic (exact) mass is 210 g/mol. The molecule has 1 aromatic carbocycles. The molecule has 0 saturated heterocycles. The Morgan fingerprint density at radius 3 is 2.75 bits per heavy atom. The topological polar surface area (TPSA) is 34.4 Å². The zero-order chi connectivity index (χ0) is 11.1. The van der Waals surface area contributed by atoms with E-state index >= 15 is 0 Å². The third kappa shape index (κ3) is 1.15. The van der Waals surface area contributed by atoms with Gasteiger partial charge in [-0.25, -0.2) is 4.98 Å². The number of hydrogen-bond acceptors (Lipinski definition) is 2. The first kappa shape index (κ1) is 9.09. The first-order valence-electron chi connectivity index (χ1n) is 5.12. The Labute approximate surface area is 92.3 Å². The van der Waals surface area contributed by atoms with Crippen molar-refractivity contribution in [2.45, 2.75) is 6.92 Å². The molecule has 0 fully saturated rings. The Balaban J connectivity index is 2.60. The number of fused-ring (bicyclic) bond motifs is 3. The van der Waals surface area contributed by atoms with Gasteiger partial charge in [0, 0.05) is 17.1 Å². The lowest BCUT2D eigenvalue weighted by atomic mass is 10.0. The molecular formula is C13H10N2O. The number of rotatable bonds is 1. The van der Waals surface area contributed by atoms with Crippen LogP contribution in [0.5, 0.6) is 0 Å². The van der Waals surface area contributed by atoms with Gasteiger partial charge in [0.05, 0.1) is 18.0 Å². The summed E-state index contributed by atoms with van der Waals surface area (Å²) < 4.78 is 1.89. The molecular weight excluding hydrogens is 200 g/mol. The lowest BCUT2D eigenvalue weighted by Crippen LogP contribution is -1.97. The molecule has 0 unspecified atom stereocenters. The van der Waals surface area contributed by atoms with Crippen molar-refractivity contribution in [2.24, 2.45) is 0 Å². The summed E-state index contributed by atoms with van der Waals surface area (Å²) in [7, 11) is 0. The fourth-order valence-electron chi connectivity index (χ4n) is 2.05. The average Bonchev–Trinajstić information content (AvgIpc) is 2.75. The molecule has 0 N–H and O–H groups in total. The molecule has 0 radical (unpaired) electrons. The Morgan fingerprint density at radius 2 is 2.00 bits per heavy atom. The lowest BCUT2D eigenvalue weighted by molar-refractivity contribution is 0.101. The molecule has 0 atom stereocenters. The molecule has 0 aliphatic carbocycles. The summed E-state index contributed by atoms with van der Waals surface area (Å²) in [5.74, 6) is 0.0757. The molecule has 3 aromatic rings. The van der Waals surface area contributed by atoms with Gasteiger partial charge in [0.1, 0.15) is 0 Å². The molecule has 0 aliphatic rings. The van der Waals surface area contributed by atoms with Crippen molar-refractivity contribution in [3.05, 3.63) is 48.5 Å². The van der Waals surface area contributed by atoms with Crippen molar-refractivity contribution >= 4 is 22.1 Å². The van der Waals surface area contributed by atoms with Gasteiger partial charge in [-0.05, 0) is 12.3 Å². The molecule has 78 valence electrons. The quantitative estimate of drug-likeness (QED) is 0.579. The van der Waals surface area contributed by atoms with E-state index < -0.39 is 0 Å². The van der Waals surface area contributed by atoms with Gasteiger partial charge in [-0.3, -0.25) is 4.79 Å². The second-order valence-electron chi connectivity index (χ2n) is 3.83. The number of ketones is 1. The second kappa shape index (κ2) is 3.17. The Hall–Kier alpha value is -2.16. The van der Waals surface area contributed by atoms with Crippen LogP contribution < -0.4 is 0 Å². The van der Waals surface area contributed by atoms with Gasteiger partial charge in [0.25, 0.3) is 0 Å². The first-order valence-corrected chi connectivity index (χ1v) is 5.12. The molecule has 0 aliphatic heterocycles. The van der Waals surface area contributed by atoms with E-state index in [4.69, 9.17) is 0 Å². The fourth-order valence-corrected chi connectivity index (χ4v) is 2.05. The highest BCUT2D eigenvalue weighted by atomic mass is 16.1. The van der Waals surface area contributed by atoms with Crippen molar-refractivity contribution in [3.8, 4) is 0 Å². The summed E-state index contributed by atoms with van der Waals surface area (Å²) in [5.41, 5.74) is 1.77. The molecule has 3 nitrogen and oxygen atoms in total. The summed E-state index contributed by atoms with van der Waals surface area (Å²) in [5, 5.41) is 2.05. The second-order valence-corrected chi connectivity index (χ2v) is 3.83. The molecule has 16 heavy (non-hydrogen) atoms. The van der Waals surface area contributed by atoms with E-state index in [2.05, 4.69) is 4.98 Å². The van der Waals surface area contributed by atoms with Crippen LogP contribution in [0.15, 0.2) is 43.0 Å². The van der Waals surface area contributed by atoms with Crippen LogP contribution in [0, 0.1) is 0 Å². The van der Waals surface area contributed by atoms with Gasteiger partial charge in [0.2, 0.25) is 0 Å². The molecule has 0 saturated carbocycles. The van der Waals surface area contributed by atoms with Crippen molar-refractivity contribution in [1.29, 1.82) is 0 Å². The predicted octanol–water partition coefficient (Wildman–Crippen LogP) is 2.69. The van der Waals surface area contributed by atoms with E-state index in [9.17, 15) is 4.79 Å². The summed E-state index contributed by atoms with van der Waals surface area (Å²) in [6, 6.07) is 7.90. The maximum atomic E-state index is 11.6. The smallest absolute Gasteiger partial charge is 0.161 e. The maximum Gasteiger partial charge on any atom is 0.161 e. The number of hydrogen-bond donors (Lipinski definition) is 0. The summed E-state index contributed by atoms with van der Waals surface area (Å²) in [4.78, 5) is 15.7. The van der Waals surface area contributed by atoms with E-state index in [-0.39, 0.29) is 5.78 Å². The van der Waals surface area contributed by atoms with Crippen LogP contribution in [0.25, 0.3) is 16.3 Å². The molecule has 3 heteroatoms. The Kier molecular flexibility index (Phi) is 1.80. The summed E-state index contributed by atoms with van der Waals surface area (Å²) in [6.45, 7) is 1.59. The number of aromatic nitrogens is 2. The number of benzene rings is 1. The van der Waals surface area contributed by atoms with Crippen molar-refractivity contribution in [3.63, 3.8) is 0 Å². The molecule has 2 aromatic heterocycles. The van der Waals surface area contributed by atoms with Crippen LogP contribution in [0.4, 0.5) is 0 Å². The molecule has 0 spiro atoms. The average molecular weight is 210 g/mol. The third-order valence-corrected chi connectivity index (χ3v) is 2.81. The largest absolute Gasteiger partial charge is 0.305 e. The van der Waals surface area contributed by atoms with Crippen molar-refractivity contribution in [2.75, 3.05) is 0 Å². The van der Waals surface area contributed by atoms with Crippen molar-refractivity contribution < 1.29 is 4.79 Å². The maximum absolute atomic E-state index is 11.6. The summed E-state index contributed by atoms with van der Waals surface area (Å²) >= 11 is 0. The highest BCUT2D eigenvalue weighted by Crippen LogP contribution is 2.23. The van der Waals surface area contributed by atoms with Gasteiger partial charge in [0.15, 0.2) is 5.78 Å². The molecule has 2 heterocycles. The minimum absolute atomic E-state index is 0.0757. The van der Waals surface area contributed by atoms with Crippen LogP contribution >= 0.6 is 0 Å². The van der Waals surface area contributed by atoms with Gasteiger partial charge in [-0.2, -0.15) is 0 Å². The van der Waals surface area contributed by atoms with Gasteiger partial charge in [-0.15, -0.1) is 0 Å². The van der Waals surface area contributed by atoms with Gasteiger partial charge >= 0.3 is 0 Å². The number of carbonyl (C=O) groups excluding carboxylic acids is 1. The minimum Gasteiger partial charge on any atom is -0.305 e. The van der Waals surface area contributed by atoms with Crippen LogP contribution in [-0.4, -0.2) is 15.2 Å². The van der Waals surface area contributed by atoms with E-state index in [1.54, 1.807) is 13.3 Å². The number of nitrogens with zero attached hydrogens (tertiary/aromatic N) is 2. The number of imidazole rings is 1. The highest BCUT2D eigenvalue weighted by molar-refractivity contribution is 6.10. The normalized spacial score (nSPS) is 11.1. The van der Waals surface area contributed by atoms with Crippen LogP contribution in [0.3, 0.4) is 0 Å². The van der Waals surface area contributed by atoms with E-state index in [0.717, 1.165) is 21.9 Å². The highest BCUT2D eigenvalue weighted by Gasteiger charge is 2.09. The summed E-state index contributed by atoms with van der Waals surface area (Å²) in [6.07, 6.45) is 5.37. The lowest BCUT2D eigenvalue weighted by Gasteiger charge is -2.05. The van der Waals surface area contributed by atoms with E-state index in [0.29, 0.717) is 0 Å². The standard InChI is InChI=1S/C13H10N2O/c1-9(16)12-7-15-8-14-6-13(15)11-5-3-2-4-10(11)12/h2-8H,1H3. The first-order chi connectivity index (χ1) is 7.77. The van der Waals surface area contributed by atoms with Crippen LogP contribution in [0.2, 0.25) is 0 Å².